The number of amides is 1. The first-order valence-corrected chi connectivity index (χ1v) is 8.91. The topological polar surface area (TPSA) is 75.4 Å². The van der Waals surface area contributed by atoms with Gasteiger partial charge in [0.25, 0.3) is 5.91 Å². The zero-order valence-corrected chi connectivity index (χ0v) is 14.7. The lowest BCUT2D eigenvalue weighted by Gasteiger charge is -2.33. The number of likely N-dealkylation sites (N-methyl/N-ethyl adjacent to an activating group) is 1. The lowest BCUT2D eigenvalue weighted by atomic mass is 10.0. The third kappa shape index (κ3) is 2.93. The molecule has 4 heterocycles. The van der Waals surface area contributed by atoms with Crippen LogP contribution in [0, 0.1) is 6.92 Å². The van der Waals surface area contributed by atoms with Crippen LogP contribution in [0.5, 0.6) is 0 Å². The molecule has 0 bridgehead atoms. The maximum absolute atomic E-state index is 13.3. The molecule has 0 spiro atoms. The highest BCUT2D eigenvalue weighted by molar-refractivity contribution is 6.00. The number of hydrogen-bond acceptors (Lipinski definition) is 6. The maximum atomic E-state index is 13.3. The second-order valence-electron chi connectivity index (χ2n) is 6.96. The number of nitrogens with zero attached hydrogens (tertiary/aromatic N) is 5. The third-order valence-electron chi connectivity index (χ3n) is 5.40. The summed E-state index contributed by atoms with van der Waals surface area (Å²) >= 11 is 0. The Bertz CT molecular complexity index is 774. The van der Waals surface area contributed by atoms with Crippen LogP contribution < -0.4 is 0 Å². The van der Waals surface area contributed by atoms with Crippen molar-refractivity contribution in [2.75, 3.05) is 20.1 Å². The Hall–Kier alpha value is -2.28. The van der Waals surface area contributed by atoms with Crippen LogP contribution in [-0.2, 0) is 0 Å². The van der Waals surface area contributed by atoms with Gasteiger partial charge >= 0.3 is 0 Å². The molecule has 2 aliphatic heterocycles. The van der Waals surface area contributed by atoms with Crippen LogP contribution in [0.4, 0.5) is 0 Å². The second kappa shape index (κ2) is 6.55. The lowest BCUT2D eigenvalue weighted by Crippen LogP contribution is -2.47. The van der Waals surface area contributed by atoms with Gasteiger partial charge in [0.15, 0.2) is 0 Å². The molecule has 2 fully saturated rings. The van der Waals surface area contributed by atoms with E-state index in [0.717, 1.165) is 32.4 Å². The summed E-state index contributed by atoms with van der Waals surface area (Å²) < 4.78 is 5.08. The monoisotopic (exact) mass is 341 g/mol. The minimum Gasteiger partial charge on any atom is -0.339 e. The summed E-state index contributed by atoms with van der Waals surface area (Å²) in [4.78, 5) is 26.2. The van der Waals surface area contributed by atoms with Crippen LogP contribution in [0.25, 0.3) is 11.4 Å². The fourth-order valence-electron chi connectivity index (χ4n) is 4.19. The number of likely N-dealkylation sites (tertiary alicyclic amines) is 2. The van der Waals surface area contributed by atoms with Crippen molar-refractivity contribution in [2.24, 2.45) is 0 Å². The fraction of sp³-hybridized carbons (Fsp3) is 0.556. The molecule has 0 aromatic carbocycles. The maximum Gasteiger partial charge on any atom is 0.256 e. The largest absolute Gasteiger partial charge is 0.339 e. The SMILES string of the molecule is Cc1nc(-c2ccncc2C(=O)N2CCC[C@H]2[C@H]2CCCN2C)no1. The Balaban J connectivity index is 1.65. The summed E-state index contributed by atoms with van der Waals surface area (Å²) in [5.41, 5.74) is 1.23. The van der Waals surface area contributed by atoms with Gasteiger partial charge in [0.2, 0.25) is 11.7 Å². The van der Waals surface area contributed by atoms with Crippen molar-refractivity contribution < 1.29 is 9.32 Å². The summed E-state index contributed by atoms with van der Waals surface area (Å²) in [6.07, 6.45) is 7.77. The van der Waals surface area contributed by atoms with Crippen LogP contribution in [-0.4, -0.2) is 63.1 Å². The predicted octanol–water partition coefficient (Wildman–Crippen LogP) is 2.14. The van der Waals surface area contributed by atoms with E-state index in [1.807, 2.05) is 4.90 Å². The summed E-state index contributed by atoms with van der Waals surface area (Å²) in [7, 11) is 2.16. The molecule has 0 radical (unpaired) electrons. The van der Waals surface area contributed by atoms with E-state index in [1.165, 1.54) is 6.42 Å². The average molecular weight is 341 g/mol. The number of aromatic nitrogens is 3. The van der Waals surface area contributed by atoms with Crippen molar-refractivity contribution in [3.05, 3.63) is 29.9 Å². The van der Waals surface area contributed by atoms with E-state index in [4.69, 9.17) is 4.52 Å². The summed E-state index contributed by atoms with van der Waals surface area (Å²) in [6, 6.07) is 2.52. The van der Waals surface area contributed by atoms with Gasteiger partial charge in [0.1, 0.15) is 0 Å². The van der Waals surface area contributed by atoms with Gasteiger partial charge in [-0.25, -0.2) is 0 Å². The molecule has 7 heteroatoms. The van der Waals surface area contributed by atoms with E-state index < -0.39 is 0 Å². The molecule has 4 rings (SSSR count). The molecular weight excluding hydrogens is 318 g/mol. The first kappa shape index (κ1) is 16.2. The molecular formula is C18H23N5O2. The molecule has 0 aliphatic carbocycles. The predicted molar refractivity (Wildman–Crippen MR) is 92.0 cm³/mol. The highest BCUT2D eigenvalue weighted by Gasteiger charge is 2.39. The molecule has 2 saturated heterocycles. The Morgan fingerprint density at radius 3 is 2.76 bits per heavy atom. The minimum absolute atomic E-state index is 0.0216. The molecule has 2 aliphatic rings. The first-order valence-electron chi connectivity index (χ1n) is 8.91. The number of hydrogen-bond donors (Lipinski definition) is 0. The smallest absolute Gasteiger partial charge is 0.256 e. The van der Waals surface area contributed by atoms with E-state index in [0.29, 0.717) is 28.9 Å². The van der Waals surface area contributed by atoms with Crippen molar-refractivity contribution in [2.45, 2.75) is 44.7 Å². The average Bonchev–Trinajstić information content (AvgIpc) is 3.34. The molecule has 1 amide bonds. The number of carbonyl (C=O) groups is 1. The van der Waals surface area contributed by atoms with E-state index in [1.54, 1.807) is 25.4 Å². The van der Waals surface area contributed by atoms with Gasteiger partial charge in [0.05, 0.1) is 5.56 Å². The van der Waals surface area contributed by atoms with Crippen LogP contribution in [0.15, 0.2) is 23.0 Å². The van der Waals surface area contributed by atoms with Crippen LogP contribution in [0.3, 0.4) is 0 Å². The van der Waals surface area contributed by atoms with Crippen LogP contribution in [0.1, 0.15) is 41.9 Å². The van der Waals surface area contributed by atoms with Crippen molar-refractivity contribution in [1.82, 2.24) is 24.9 Å². The standard InChI is InChI=1S/C18H23N5O2/c1-12-20-17(21-25-12)13-7-8-19-11-14(13)18(24)23-10-4-6-16(23)15-5-3-9-22(15)2/h7-8,11,15-16H,3-6,9-10H2,1-2H3/t15-,16+/m1/s1. The van der Waals surface area contributed by atoms with E-state index >= 15 is 0 Å². The molecule has 2 aromatic heterocycles. The Morgan fingerprint density at radius 2 is 2.04 bits per heavy atom. The normalized spacial score (nSPS) is 24.2. The van der Waals surface area contributed by atoms with E-state index in [9.17, 15) is 4.79 Å². The molecule has 2 aromatic rings. The summed E-state index contributed by atoms with van der Waals surface area (Å²) in [5, 5.41) is 3.97. The van der Waals surface area contributed by atoms with Gasteiger partial charge < -0.3 is 14.3 Å². The zero-order chi connectivity index (χ0) is 17.4. The fourth-order valence-corrected chi connectivity index (χ4v) is 4.19. The van der Waals surface area contributed by atoms with Crippen molar-refractivity contribution >= 4 is 5.91 Å². The molecule has 25 heavy (non-hydrogen) atoms. The van der Waals surface area contributed by atoms with Gasteiger partial charge in [-0.2, -0.15) is 4.98 Å². The first-order chi connectivity index (χ1) is 12.1. The van der Waals surface area contributed by atoms with Gasteiger partial charge in [-0.05, 0) is 45.3 Å². The number of carbonyl (C=O) groups excluding carboxylic acids is 1. The summed E-state index contributed by atoms with van der Waals surface area (Å²) in [6.45, 7) is 3.66. The molecule has 0 N–H and O–H groups in total. The van der Waals surface area contributed by atoms with Crippen molar-refractivity contribution in [1.29, 1.82) is 0 Å². The minimum atomic E-state index is 0.0216. The number of pyridine rings is 1. The quantitative estimate of drug-likeness (QED) is 0.851. The van der Waals surface area contributed by atoms with Gasteiger partial charge in [0, 0.05) is 43.5 Å². The Morgan fingerprint density at radius 1 is 1.24 bits per heavy atom. The van der Waals surface area contributed by atoms with Crippen LogP contribution in [0.2, 0.25) is 0 Å². The molecule has 132 valence electrons. The lowest BCUT2D eigenvalue weighted by molar-refractivity contribution is 0.0664. The van der Waals surface area contributed by atoms with Crippen molar-refractivity contribution in [3.8, 4) is 11.4 Å². The molecule has 0 unspecified atom stereocenters. The van der Waals surface area contributed by atoms with Crippen LogP contribution >= 0.6 is 0 Å². The third-order valence-corrected chi connectivity index (χ3v) is 5.40. The van der Waals surface area contributed by atoms with E-state index in [-0.39, 0.29) is 11.9 Å². The second-order valence-corrected chi connectivity index (χ2v) is 6.96. The Kier molecular flexibility index (Phi) is 4.25. The summed E-state index contributed by atoms with van der Waals surface area (Å²) in [5.74, 6) is 0.946. The van der Waals surface area contributed by atoms with Crippen molar-refractivity contribution in [3.63, 3.8) is 0 Å². The Labute approximate surface area is 147 Å². The number of aryl methyl sites for hydroxylation is 1. The van der Waals surface area contributed by atoms with Gasteiger partial charge in [-0.3, -0.25) is 9.78 Å². The van der Waals surface area contributed by atoms with Gasteiger partial charge in [-0.15, -0.1) is 0 Å². The highest BCUT2D eigenvalue weighted by Crippen LogP contribution is 2.31. The zero-order valence-electron chi connectivity index (χ0n) is 14.7. The molecule has 2 atom stereocenters. The molecule has 7 nitrogen and oxygen atoms in total. The highest BCUT2D eigenvalue weighted by atomic mass is 16.5. The number of rotatable bonds is 3. The van der Waals surface area contributed by atoms with Gasteiger partial charge in [-0.1, -0.05) is 5.16 Å². The van der Waals surface area contributed by atoms with E-state index in [2.05, 4.69) is 27.1 Å². The molecule has 0 saturated carbocycles.